The maximum atomic E-state index is 12.0. The second-order valence-electron chi connectivity index (χ2n) is 7.02. The molecule has 0 atom stereocenters. The van der Waals surface area contributed by atoms with E-state index in [1.54, 1.807) is 17.9 Å². The molecule has 1 fully saturated rings. The summed E-state index contributed by atoms with van der Waals surface area (Å²) < 4.78 is 5.34. The van der Waals surface area contributed by atoms with Gasteiger partial charge in [0.25, 0.3) is 0 Å². The number of ether oxygens (including phenoxy) is 1. The number of carbonyl (C=O) groups is 2. The summed E-state index contributed by atoms with van der Waals surface area (Å²) in [6.07, 6.45) is 3.08. The van der Waals surface area contributed by atoms with Crippen LogP contribution in [0.3, 0.4) is 0 Å². The first-order valence-corrected chi connectivity index (χ1v) is 7.57. The fourth-order valence-corrected chi connectivity index (χ4v) is 2.37. The van der Waals surface area contributed by atoms with Gasteiger partial charge in [-0.15, -0.1) is 0 Å². The lowest BCUT2D eigenvalue weighted by Gasteiger charge is -2.40. The van der Waals surface area contributed by atoms with E-state index in [1.807, 2.05) is 20.8 Å². The van der Waals surface area contributed by atoms with Gasteiger partial charge in [-0.05, 0) is 47.0 Å². The Morgan fingerprint density at radius 1 is 1.27 bits per heavy atom. The molecule has 0 bridgehead atoms. The number of carbonyl (C=O) groups excluding carboxylic acids is 1. The van der Waals surface area contributed by atoms with Gasteiger partial charge in [-0.2, -0.15) is 0 Å². The van der Waals surface area contributed by atoms with Gasteiger partial charge in [-0.3, -0.25) is 0 Å². The van der Waals surface area contributed by atoms with Gasteiger partial charge >= 0.3 is 12.1 Å². The second kappa shape index (κ2) is 7.13. The number of amides is 1. The summed E-state index contributed by atoms with van der Waals surface area (Å²) in [5.41, 5.74) is -0.596. The summed E-state index contributed by atoms with van der Waals surface area (Å²) in [5.74, 6) is -0.945. The highest BCUT2D eigenvalue weighted by molar-refractivity contribution is 5.85. The summed E-state index contributed by atoms with van der Waals surface area (Å²) in [6, 6.07) is 0. The number of rotatable bonds is 4. The van der Waals surface area contributed by atoms with Crippen molar-refractivity contribution in [1.29, 1.82) is 0 Å². The largest absolute Gasteiger partial charge is 0.478 e. The van der Waals surface area contributed by atoms with Crippen molar-refractivity contribution in [2.45, 2.75) is 52.6 Å². The van der Waals surface area contributed by atoms with E-state index in [0.717, 1.165) is 0 Å². The van der Waals surface area contributed by atoms with Crippen molar-refractivity contribution in [3.05, 3.63) is 11.6 Å². The summed E-state index contributed by atoms with van der Waals surface area (Å²) in [4.78, 5) is 24.5. The van der Waals surface area contributed by atoms with E-state index in [2.05, 4.69) is 0 Å². The monoisotopic (exact) mass is 313 g/mol. The lowest BCUT2D eigenvalue weighted by molar-refractivity contribution is -0.132. The molecule has 6 heteroatoms. The Labute approximate surface area is 131 Å². The Hall–Kier alpha value is -1.56. The zero-order valence-electron chi connectivity index (χ0n) is 13.9. The van der Waals surface area contributed by atoms with Gasteiger partial charge in [0.2, 0.25) is 0 Å². The molecule has 0 aromatic rings. The third kappa shape index (κ3) is 5.33. The number of aliphatic carboxylic acids is 1. The highest BCUT2D eigenvalue weighted by Gasteiger charge is 2.36. The fourth-order valence-electron chi connectivity index (χ4n) is 2.37. The Bertz CT molecular complexity index is 442. The molecule has 0 saturated carbocycles. The van der Waals surface area contributed by atoms with Gasteiger partial charge in [0, 0.05) is 30.7 Å². The number of nitrogens with zero attached hydrogens (tertiary/aromatic N) is 1. The highest BCUT2D eigenvalue weighted by Crippen LogP contribution is 2.35. The van der Waals surface area contributed by atoms with Crippen molar-refractivity contribution >= 4 is 12.1 Å². The highest BCUT2D eigenvalue weighted by atomic mass is 16.6. The predicted molar refractivity (Wildman–Crippen MR) is 82.6 cm³/mol. The first-order chi connectivity index (χ1) is 10.1. The number of hydrogen-bond acceptors (Lipinski definition) is 4. The minimum absolute atomic E-state index is 0.0153. The fraction of sp³-hybridized carbons (Fsp3) is 0.750. The first kappa shape index (κ1) is 18.5. The molecule has 0 aromatic heterocycles. The third-order valence-electron chi connectivity index (χ3n) is 3.99. The number of carboxylic acid groups (broad SMARTS) is 1. The van der Waals surface area contributed by atoms with Crippen LogP contribution in [-0.2, 0) is 9.53 Å². The van der Waals surface area contributed by atoms with E-state index in [4.69, 9.17) is 9.84 Å². The predicted octanol–water partition coefficient (Wildman–Crippen LogP) is 2.42. The van der Waals surface area contributed by atoms with Crippen molar-refractivity contribution in [2.24, 2.45) is 5.41 Å². The van der Waals surface area contributed by atoms with E-state index in [-0.39, 0.29) is 23.7 Å². The molecule has 1 saturated heterocycles. The minimum Gasteiger partial charge on any atom is -0.478 e. The molecular weight excluding hydrogens is 286 g/mol. The molecule has 1 rings (SSSR count). The number of piperidine rings is 1. The summed E-state index contributed by atoms with van der Waals surface area (Å²) in [5, 5.41) is 18.6. The molecular formula is C16H27NO5. The topological polar surface area (TPSA) is 87.1 Å². The van der Waals surface area contributed by atoms with Gasteiger partial charge in [-0.25, -0.2) is 9.59 Å². The van der Waals surface area contributed by atoms with Crippen molar-refractivity contribution in [1.82, 2.24) is 4.90 Å². The van der Waals surface area contributed by atoms with E-state index < -0.39 is 11.6 Å². The zero-order chi connectivity index (χ0) is 17.0. The van der Waals surface area contributed by atoms with E-state index in [9.17, 15) is 14.7 Å². The SMILES string of the molecule is CC(=CCC1(CO)CCN(C(=O)OC(C)(C)C)CC1)C(=O)O. The first-order valence-electron chi connectivity index (χ1n) is 7.57. The van der Waals surface area contributed by atoms with Crippen LogP contribution >= 0.6 is 0 Å². The van der Waals surface area contributed by atoms with Gasteiger partial charge in [0.15, 0.2) is 0 Å². The second-order valence-corrected chi connectivity index (χ2v) is 7.02. The number of hydrogen-bond donors (Lipinski definition) is 2. The van der Waals surface area contributed by atoms with E-state index >= 15 is 0 Å². The van der Waals surface area contributed by atoms with Crippen LogP contribution in [0.1, 0.15) is 47.0 Å². The number of aliphatic hydroxyl groups is 1. The molecule has 0 aromatic carbocycles. The Kier molecular flexibility index (Phi) is 6.00. The third-order valence-corrected chi connectivity index (χ3v) is 3.99. The van der Waals surface area contributed by atoms with Gasteiger partial charge in [-0.1, -0.05) is 6.08 Å². The number of allylic oxidation sites excluding steroid dienone is 1. The van der Waals surface area contributed by atoms with E-state index in [0.29, 0.717) is 32.4 Å². The maximum absolute atomic E-state index is 12.0. The van der Waals surface area contributed by atoms with Crippen LogP contribution in [0.25, 0.3) is 0 Å². The van der Waals surface area contributed by atoms with E-state index in [1.165, 1.54) is 0 Å². The Morgan fingerprint density at radius 2 is 1.82 bits per heavy atom. The number of aliphatic hydroxyl groups excluding tert-OH is 1. The Morgan fingerprint density at radius 3 is 2.23 bits per heavy atom. The van der Waals surface area contributed by atoms with Gasteiger partial charge < -0.3 is 19.8 Å². The van der Waals surface area contributed by atoms with Crippen LogP contribution in [0, 0.1) is 5.41 Å². The minimum atomic E-state index is -0.945. The molecule has 0 spiro atoms. The summed E-state index contributed by atoms with van der Waals surface area (Å²) in [6.45, 7) is 8.03. The molecule has 0 radical (unpaired) electrons. The van der Waals surface area contributed by atoms with Crippen molar-refractivity contribution in [2.75, 3.05) is 19.7 Å². The standard InChI is InChI=1S/C16H27NO5/c1-12(13(19)20)5-6-16(11-18)7-9-17(10-8-16)14(21)22-15(2,3)4/h5,18H,6-11H2,1-4H3,(H,19,20). The molecule has 2 N–H and O–H groups in total. The van der Waals surface area contributed by atoms with Crippen LogP contribution in [0.2, 0.25) is 0 Å². The molecule has 1 heterocycles. The summed E-state index contributed by atoms with van der Waals surface area (Å²) >= 11 is 0. The van der Waals surface area contributed by atoms with Gasteiger partial charge in [0.1, 0.15) is 5.60 Å². The van der Waals surface area contributed by atoms with Crippen molar-refractivity contribution in [3.63, 3.8) is 0 Å². The smallest absolute Gasteiger partial charge is 0.410 e. The average Bonchev–Trinajstić information content (AvgIpc) is 2.43. The van der Waals surface area contributed by atoms with Crippen molar-refractivity contribution < 1.29 is 24.5 Å². The molecule has 22 heavy (non-hydrogen) atoms. The molecule has 1 aliphatic rings. The van der Waals surface area contributed by atoms with Crippen LogP contribution in [0.15, 0.2) is 11.6 Å². The average molecular weight is 313 g/mol. The molecule has 126 valence electrons. The Balaban J connectivity index is 2.62. The number of carboxylic acids is 1. The molecule has 0 aliphatic carbocycles. The molecule has 6 nitrogen and oxygen atoms in total. The summed E-state index contributed by atoms with van der Waals surface area (Å²) in [7, 11) is 0. The molecule has 1 aliphatic heterocycles. The maximum Gasteiger partial charge on any atom is 0.410 e. The van der Waals surface area contributed by atoms with Crippen LogP contribution in [0.4, 0.5) is 4.79 Å². The normalized spacial score (nSPS) is 19.0. The zero-order valence-corrected chi connectivity index (χ0v) is 13.9. The molecule has 1 amide bonds. The van der Waals surface area contributed by atoms with Crippen LogP contribution in [0.5, 0.6) is 0 Å². The lowest BCUT2D eigenvalue weighted by atomic mass is 9.76. The van der Waals surface area contributed by atoms with Crippen LogP contribution in [-0.4, -0.2) is 52.5 Å². The quantitative estimate of drug-likeness (QED) is 0.778. The number of likely N-dealkylation sites (tertiary alicyclic amines) is 1. The van der Waals surface area contributed by atoms with Crippen LogP contribution < -0.4 is 0 Å². The van der Waals surface area contributed by atoms with Crippen molar-refractivity contribution in [3.8, 4) is 0 Å². The lowest BCUT2D eigenvalue weighted by Crippen LogP contribution is -2.46. The molecule has 0 unspecified atom stereocenters. The van der Waals surface area contributed by atoms with Gasteiger partial charge in [0.05, 0.1) is 0 Å².